The number of benzene rings is 1. The first-order valence-electron chi connectivity index (χ1n) is 6.17. The van der Waals surface area contributed by atoms with E-state index in [1.165, 1.54) is 37.6 Å². The number of nitro groups is 1. The summed E-state index contributed by atoms with van der Waals surface area (Å²) in [4.78, 5) is 10.2. The van der Waals surface area contributed by atoms with Gasteiger partial charge in [0.15, 0.2) is 0 Å². The second-order valence-electron chi connectivity index (χ2n) is 4.12. The lowest BCUT2D eigenvalue weighted by molar-refractivity contribution is -0.385. The van der Waals surface area contributed by atoms with Gasteiger partial charge in [-0.1, -0.05) is 44.4 Å². The van der Waals surface area contributed by atoms with Crippen LogP contribution in [0.3, 0.4) is 0 Å². The van der Waals surface area contributed by atoms with E-state index >= 15 is 0 Å². The summed E-state index contributed by atoms with van der Waals surface area (Å²) in [5.74, 6) is 1.49. The maximum absolute atomic E-state index is 10.6. The highest BCUT2D eigenvalue weighted by molar-refractivity contribution is 7.53. The Labute approximate surface area is 114 Å². The lowest BCUT2D eigenvalue weighted by atomic mass is 10.0. The molecule has 1 aromatic rings. The van der Waals surface area contributed by atoms with Gasteiger partial charge in [-0.3, -0.25) is 15.6 Å². The van der Waals surface area contributed by atoms with Gasteiger partial charge < -0.3 is 4.52 Å². The van der Waals surface area contributed by atoms with Crippen LogP contribution in [0.15, 0.2) is 36.7 Å². The number of nitrogens with zero attached hydrogens (tertiary/aromatic N) is 1. The van der Waals surface area contributed by atoms with Crippen molar-refractivity contribution >= 4 is 14.0 Å². The molecular weight excluding hydrogens is 263 g/mol. The minimum Gasteiger partial charge on any atom is -0.335 e. The van der Waals surface area contributed by atoms with Crippen LogP contribution in [0.1, 0.15) is 31.2 Å². The molecule has 104 valence electrons. The Balaban J connectivity index is 0.000000382. The van der Waals surface area contributed by atoms with E-state index in [2.05, 4.69) is 6.58 Å². The number of nitro benzene ring substituents is 1. The number of rotatable bonds is 5. The molecule has 1 saturated carbocycles. The molecular formula is C13H19N2O3P. The Morgan fingerprint density at radius 1 is 1.37 bits per heavy atom. The minimum absolute atomic E-state index is 0.0463. The third-order valence-corrected chi connectivity index (χ3v) is 3.52. The van der Waals surface area contributed by atoms with Gasteiger partial charge >= 0.3 is 0 Å². The van der Waals surface area contributed by atoms with Crippen molar-refractivity contribution in [3.63, 3.8) is 0 Å². The van der Waals surface area contributed by atoms with Crippen molar-refractivity contribution in [2.24, 2.45) is 5.50 Å². The molecule has 1 fully saturated rings. The molecule has 0 amide bonds. The van der Waals surface area contributed by atoms with Crippen molar-refractivity contribution in [3.8, 4) is 0 Å². The number of hydrogen-bond acceptors (Lipinski definition) is 4. The average Bonchev–Trinajstić information content (AvgIpc) is 2.34. The summed E-state index contributed by atoms with van der Waals surface area (Å²) in [6, 6.07) is 6.41. The van der Waals surface area contributed by atoms with Gasteiger partial charge in [0.1, 0.15) is 8.30 Å². The zero-order valence-corrected chi connectivity index (χ0v) is 11.7. The zero-order chi connectivity index (χ0) is 14.1. The predicted octanol–water partition coefficient (Wildman–Crippen LogP) is 4.09. The van der Waals surface area contributed by atoms with Crippen LogP contribution in [0.25, 0.3) is 0 Å². The van der Waals surface area contributed by atoms with Crippen LogP contribution in [0, 0.1) is 10.1 Å². The van der Waals surface area contributed by atoms with Crippen LogP contribution in [-0.2, 0) is 11.1 Å². The number of para-hydroxylation sites is 1. The maximum Gasteiger partial charge on any atom is 0.274 e. The zero-order valence-electron chi connectivity index (χ0n) is 10.8. The highest BCUT2D eigenvalue weighted by Gasteiger charge is 2.12. The molecule has 1 unspecified atom stereocenters. The summed E-state index contributed by atoms with van der Waals surface area (Å²) < 4.78 is 5.19. The fourth-order valence-corrected chi connectivity index (χ4v) is 1.65. The number of nitrogens with two attached hydrogens (primary N) is 1. The monoisotopic (exact) mass is 282 g/mol. The lowest BCUT2D eigenvalue weighted by Gasteiger charge is -2.07. The summed E-state index contributed by atoms with van der Waals surface area (Å²) in [7, 11) is -1.19. The molecule has 2 N–H and O–H groups in total. The Morgan fingerprint density at radius 3 is 2.42 bits per heavy atom. The molecule has 1 atom stereocenters. The topological polar surface area (TPSA) is 78.4 Å². The van der Waals surface area contributed by atoms with E-state index in [4.69, 9.17) is 10.0 Å². The third-order valence-electron chi connectivity index (χ3n) is 2.74. The molecule has 1 aliphatic rings. The first kappa shape index (κ1) is 15.8. The van der Waals surface area contributed by atoms with E-state index in [0.29, 0.717) is 5.56 Å². The van der Waals surface area contributed by atoms with Crippen molar-refractivity contribution in [1.82, 2.24) is 0 Å². The second-order valence-corrected chi connectivity index (χ2v) is 5.46. The molecule has 0 radical (unpaired) electrons. The molecule has 0 heterocycles. The van der Waals surface area contributed by atoms with Gasteiger partial charge in [-0.2, -0.15) is 0 Å². The van der Waals surface area contributed by atoms with Crippen molar-refractivity contribution in [2.75, 3.05) is 0 Å². The van der Waals surface area contributed by atoms with Crippen molar-refractivity contribution in [2.45, 2.75) is 32.3 Å². The van der Waals surface area contributed by atoms with Crippen LogP contribution in [0.4, 0.5) is 5.69 Å². The fourth-order valence-electron chi connectivity index (χ4n) is 1.26. The maximum atomic E-state index is 10.6. The van der Waals surface area contributed by atoms with Crippen LogP contribution in [-0.4, -0.2) is 4.92 Å². The quantitative estimate of drug-likeness (QED) is 0.501. The van der Waals surface area contributed by atoms with Gasteiger partial charge in [0, 0.05) is 6.07 Å². The largest absolute Gasteiger partial charge is 0.335 e. The first-order chi connectivity index (χ1) is 9.15. The van der Waals surface area contributed by atoms with Crippen molar-refractivity contribution in [1.29, 1.82) is 0 Å². The van der Waals surface area contributed by atoms with Gasteiger partial charge in [0.05, 0.1) is 17.1 Å². The summed E-state index contributed by atoms with van der Waals surface area (Å²) in [5, 5.41) is 10.6. The predicted molar refractivity (Wildman–Crippen MR) is 77.7 cm³/mol. The van der Waals surface area contributed by atoms with Crippen molar-refractivity contribution in [3.05, 3.63) is 52.3 Å². The average molecular weight is 282 g/mol. The van der Waals surface area contributed by atoms with E-state index in [1.54, 1.807) is 18.2 Å². The second kappa shape index (κ2) is 8.75. The van der Waals surface area contributed by atoms with E-state index in [-0.39, 0.29) is 12.3 Å². The third kappa shape index (κ3) is 5.92. The summed E-state index contributed by atoms with van der Waals surface area (Å²) >= 11 is 0. The Bertz CT molecular complexity index is 418. The molecule has 0 bridgehead atoms. The van der Waals surface area contributed by atoms with Gasteiger partial charge in [0.25, 0.3) is 5.69 Å². The van der Waals surface area contributed by atoms with E-state index in [0.717, 1.165) is 0 Å². The summed E-state index contributed by atoms with van der Waals surface area (Å²) in [5.41, 5.74) is 6.06. The van der Waals surface area contributed by atoms with E-state index in [9.17, 15) is 10.1 Å². The molecule has 0 saturated heterocycles. The molecule has 5 nitrogen and oxygen atoms in total. The molecule has 19 heavy (non-hydrogen) atoms. The highest BCUT2D eigenvalue weighted by Crippen LogP contribution is 2.30. The lowest BCUT2D eigenvalue weighted by Crippen LogP contribution is -1.98. The first-order valence-corrected chi connectivity index (χ1v) is 7.56. The molecule has 6 heteroatoms. The minimum atomic E-state index is -1.19. The van der Waals surface area contributed by atoms with Crippen molar-refractivity contribution < 1.29 is 9.45 Å². The SMILES string of the molecule is C1CCC1.C=CP(N)OCc1ccccc1[N+](=O)[O-]. The van der Waals surface area contributed by atoms with Crippen LogP contribution in [0.5, 0.6) is 0 Å². The van der Waals surface area contributed by atoms with E-state index in [1.807, 2.05) is 0 Å². The van der Waals surface area contributed by atoms with Crippen LogP contribution < -0.4 is 5.50 Å². The Kier molecular flexibility index (Phi) is 7.26. The summed E-state index contributed by atoms with van der Waals surface area (Å²) in [6.45, 7) is 3.61. The summed E-state index contributed by atoms with van der Waals surface area (Å²) in [6.07, 6.45) is 6.00. The molecule has 1 aromatic carbocycles. The van der Waals surface area contributed by atoms with Crippen LogP contribution >= 0.6 is 8.30 Å². The highest BCUT2D eigenvalue weighted by atomic mass is 31.2. The molecule has 1 aliphatic carbocycles. The van der Waals surface area contributed by atoms with Gasteiger partial charge in [-0.05, 0) is 11.9 Å². The standard InChI is InChI=1S/C9H11N2O3P.C4H8/c1-2-15(10)14-7-8-5-3-4-6-9(8)11(12)13;1-2-4-3-1/h2-6H,1,7,10H2;1-4H2. The van der Waals surface area contributed by atoms with Gasteiger partial charge in [0.2, 0.25) is 0 Å². The van der Waals surface area contributed by atoms with Gasteiger partial charge in [-0.25, -0.2) is 0 Å². The molecule has 0 aliphatic heterocycles. The Hall–Kier alpha value is -1.29. The molecule has 0 spiro atoms. The normalized spacial score (nSPS) is 14.6. The van der Waals surface area contributed by atoms with E-state index < -0.39 is 13.2 Å². The van der Waals surface area contributed by atoms with Gasteiger partial charge in [-0.15, -0.1) is 0 Å². The molecule has 2 rings (SSSR count). The fraction of sp³-hybridized carbons (Fsp3) is 0.385. The van der Waals surface area contributed by atoms with Crippen LogP contribution in [0.2, 0.25) is 0 Å². The molecule has 0 aromatic heterocycles. The smallest absolute Gasteiger partial charge is 0.274 e. The number of hydrogen-bond donors (Lipinski definition) is 1. The Morgan fingerprint density at radius 2 is 1.95 bits per heavy atom.